The maximum absolute atomic E-state index is 13.0. The molecule has 0 spiro atoms. The Morgan fingerprint density at radius 2 is 1.75 bits per heavy atom. The highest BCUT2D eigenvalue weighted by molar-refractivity contribution is 5.92. The van der Waals surface area contributed by atoms with E-state index in [1.165, 1.54) is 11.8 Å². The average Bonchev–Trinajstić information content (AvgIpc) is 2.83. The van der Waals surface area contributed by atoms with E-state index in [1.54, 1.807) is 49.8 Å². The van der Waals surface area contributed by atoms with E-state index in [0.29, 0.717) is 34.7 Å². The lowest BCUT2D eigenvalue weighted by Crippen LogP contribution is -2.30. The highest BCUT2D eigenvalue weighted by atomic mass is 16.5. The minimum absolute atomic E-state index is 0.234. The van der Waals surface area contributed by atoms with E-state index >= 15 is 0 Å². The molecule has 0 saturated carbocycles. The van der Waals surface area contributed by atoms with Crippen molar-refractivity contribution >= 4 is 22.4 Å². The number of carbonyl (C=O) groups is 1. The van der Waals surface area contributed by atoms with Crippen LogP contribution in [0, 0.1) is 0 Å². The van der Waals surface area contributed by atoms with Crippen LogP contribution in [0.5, 0.6) is 11.5 Å². The first-order valence-electron chi connectivity index (χ1n) is 9.98. The molecule has 0 fully saturated rings. The van der Waals surface area contributed by atoms with Crippen LogP contribution in [0.25, 0.3) is 10.8 Å². The number of hydrogen-bond donors (Lipinski definition) is 1. The zero-order valence-corrected chi connectivity index (χ0v) is 17.7. The normalized spacial score (nSPS) is 10.7. The van der Waals surface area contributed by atoms with Crippen LogP contribution in [0.1, 0.15) is 11.3 Å². The molecule has 2 aromatic heterocycles. The molecule has 1 N–H and O–H groups in total. The van der Waals surface area contributed by atoms with Gasteiger partial charge in [0.05, 0.1) is 31.0 Å². The molecule has 4 aromatic rings. The zero-order chi connectivity index (χ0) is 22.5. The van der Waals surface area contributed by atoms with Crippen molar-refractivity contribution in [2.45, 2.75) is 13.0 Å². The van der Waals surface area contributed by atoms with Crippen LogP contribution >= 0.6 is 0 Å². The van der Waals surface area contributed by atoms with Crippen LogP contribution in [0.4, 0.5) is 5.69 Å². The average molecular weight is 430 g/mol. The predicted octanol–water partition coefficient (Wildman–Crippen LogP) is 3.04. The summed E-state index contributed by atoms with van der Waals surface area (Å²) < 4.78 is 11.7. The van der Waals surface area contributed by atoms with Crippen molar-refractivity contribution in [3.63, 3.8) is 0 Å². The third-order valence-electron chi connectivity index (χ3n) is 5.04. The van der Waals surface area contributed by atoms with Crippen LogP contribution < -0.4 is 20.3 Å². The van der Waals surface area contributed by atoms with E-state index in [4.69, 9.17) is 9.47 Å². The Kier molecular flexibility index (Phi) is 6.12. The van der Waals surface area contributed by atoms with Gasteiger partial charge in [-0.05, 0) is 35.9 Å². The first kappa shape index (κ1) is 21.0. The number of hydrogen-bond acceptors (Lipinski definition) is 6. The monoisotopic (exact) mass is 430 g/mol. The third kappa shape index (κ3) is 4.44. The molecule has 8 heteroatoms. The molecule has 0 saturated heterocycles. The number of pyridine rings is 1. The van der Waals surface area contributed by atoms with E-state index in [9.17, 15) is 9.59 Å². The fraction of sp³-hybridized carbons (Fsp3) is 0.167. The van der Waals surface area contributed by atoms with Crippen LogP contribution in [0.15, 0.2) is 71.8 Å². The van der Waals surface area contributed by atoms with Crippen LogP contribution in [0.2, 0.25) is 0 Å². The SMILES string of the molecule is COc1ccc(NC(=O)Cn2nc(Cc3ccncc3)c3ccccc3c2=O)c(OC)c1. The van der Waals surface area contributed by atoms with Gasteiger partial charge in [-0.15, -0.1) is 0 Å². The van der Waals surface area contributed by atoms with Gasteiger partial charge >= 0.3 is 0 Å². The summed E-state index contributed by atoms with van der Waals surface area (Å²) >= 11 is 0. The van der Waals surface area contributed by atoms with Crippen molar-refractivity contribution in [3.05, 3.63) is 88.6 Å². The Balaban J connectivity index is 1.65. The topological polar surface area (TPSA) is 95.3 Å². The molecule has 162 valence electrons. The van der Waals surface area contributed by atoms with Gasteiger partial charge in [0.2, 0.25) is 5.91 Å². The number of fused-ring (bicyclic) bond motifs is 1. The van der Waals surface area contributed by atoms with Gasteiger partial charge in [-0.3, -0.25) is 14.6 Å². The Morgan fingerprint density at radius 1 is 1.00 bits per heavy atom. The number of methoxy groups -OCH3 is 2. The predicted molar refractivity (Wildman–Crippen MR) is 121 cm³/mol. The van der Waals surface area contributed by atoms with Gasteiger partial charge in [0, 0.05) is 30.3 Å². The Hall–Kier alpha value is -4.20. The molecular weight excluding hydrogens is 408 g/mol. The van der Waals surface area contributed by atoms with E-state index in [2.05, 4.69) is 15.4 Å². The van der Waals surface area contributed by atoms with Crippen LogP contribution in [-0.2, 0) is 17.8 Å². The molecule has 0 unspecified atom stereocenters. The maximum Gasteiger partial charge on any atom is 0.275 e. The number of rotatable bonds is 7. The second kappa shape index (κ2) is 9.30. The van der Waals surface area contributed by atoms with E-state index < -0.39 is 5.91 Å². The number of amides is 1. The Labute approximate surface area is 184 Å². The van der Waals surface area contributed by atoms with Crippen molar-refractivity contribution in [1.29, 1.82) is 0 Å². The smallest absolute Gasteiger partial charge is 0.275 e. The summed E-state index contributed by atoms with van der Waals surface area (Å²) in [5.74, 6) is 0.663. The lowest BCUT2D eigenvalue weighted by Gasteiger charge is -2.13. The van der Waals surface area contributed by atoms with Gasteiger partial charge in [0.1, 0.15) is 18.0 Å². The third-order valence-corrected chi connectivity index (χ3v) is 5.04. The summed E-state index contributed by atoms with van der Waals surface area (Å²) in [5, 5.41) is 8.58. The lowest BCUT2D eigenvalue weighted by atomic mass is 10.1. The molecule has 4 rings (SSSR count). The summed E-state index contributed by atoms with van der Waals surface area (Å²) in [6.07, 6.45) is 3.93. The van der Waals surface area contributed by atoms with Crippen molar-refractivity contribution in [3.8, 4) is 11.5 Å². The van der Waals surface area contributed by atoms with Gasteiger partial charge in [-0.1, -0.05) is 18.2 Å². The Morgan fingerprint density at radius 3 is 2.47 bits per heavy atom. The quantitative estimate of drug-likeness (QED) is 0.484. The summed E-state index contributed by atoms with van der Waals surface area (Å²) in [4.78, 5) is 29.8. The summed E-state index contributed by atoms with van der Waals surface area (Å²) in [7, 11) is 3.06. The number of anilines is 1. The molecule has 1 amide bonds. The standard InChI is InChI=1S/C24H22N4O4/c1-31-17-7-8-20(22(14-17)32-2)26-23(29)15-28-24(30)19-6-4-3-5-18(19)21(27-28)13-16-9-11-25-12-10-16/h3-12,14H,13,15H2,1-2H3,(H,26,29). The maximum atomic E-state index is 13.0. The van der Waals surface area contributed by atoms with E-state index in [-0.39, 0.29) is 12.1 Å². The van der Waals surface area contributed by atoms with Crippen molar-refractivity contribution < 1.29 is 14.3 Å². The van der Waals surface area contributed by atoms with Crippen molar-refractivity contribution in [1.82, 2.24) is 14.8 Å². The first-order valence-corrected chi connectivity index (χ1v) is 9.98. The number of benzene rings is 2. The Bertz CT molecular complexity index is 1320. The minimum atomic E-state index is -0.395. The number of nitrogens with zero attached hydrogens (tertiary/aromatic N) is 3. The largest absolute Gasteiger partial charge is 0.497 e. The molecule has 2 aromatic carbocycles. The van der Waals surface area contributed by atoms with Gasteiger partial charge in [0.15, 0.2) is 0 Å². The number of nitrogens with one attached hydrogen (secondary N) is 1. The second-order valence-electron chi connectivity index (χ2n) is 7.10. The fourth-order valence-electron chi connectivity index (χ4n) is 3.46. The van der Waals surface area contributed by atoms with E-state index in [1.807, 2.05) is 24.3 Å². The zero-order valence-electron chi connectivity index (χ0n) is 17.7. The number of aromatic nitrogens is 3. The molecule has 2 heterocycles. The molecule has 0 aliphatic heterocycles. The first-order chi connectivity index (χ1) is 15.6. The molecule has 32 heavy (non-hydrogen) atoms. The summed E-state index contributed by atoms with van der Waals surface area (Å²) in [6, 6.07) is 16.1. The van der Waals surface area contributed by atoms with Gasteiger partial charge in [-0.25, -0.2) is 4.68 Å². The fourth-order valence-corrected chi connectivity index (χ4v) is 3.46. The van der Waals surface area contributed by atoms with Crippen molar-refractivity contribution in [2.24, 2.45) is 0 Å². The molecule has 0 aliphatic carbocycles. The molecule has 0 atom stereocenters. The molecule has 0 aliphatic rings. The van der Waals surface area contributed by atoms with Gasteiger partial charge in [-0.2, -0.15) is 5.10 Å². The van der Waals surface area contributed by atoms with Crippen molar-refractivity contribution in [2.75, 3.05) is 19.5 Å². The lowest BCUT2D eigenvalue weighted by molar-refractivity contribution is -0.117. The molecular formula is C24H22N4O4. The van der Waals surface area contributed by atoms with Crippen LogP contribution in [-0.4, -0.2) is 34.9 Å². The highest BCUT2D eigenvalue weighted by Crippen LogP contribution is 2.29. The minimum Gasteiger partial charge on any atom is -0.497 e. The highest BCUT2D eigenvalue weighted by Gasteiger charge is 2.15. The van der Waals surface area contributed by atoms with E-state index in [0.717, 1.165) is 10.9 Å². The number of carbonyl (C=O) groups excluding carboxylic acids is 1. The molecule has 8 nitrogen and oxygen atoms in total. The summed E-state index contributed by atoms with van der Waals surface area (Å²) in [6.45, 7) is -0.234. The van der Waals surface area contributed by atoms with Crippen LogP contribution in [0.3, 0.4) is 0 Å². The van der Waals surface area contributed by atoms with Gasteiger partial charge < -0.3 is 14.8 Å². The summed E-state index contributed by atoms with van der Waals surface area (Å²) in [5.41, 5.74) is 1.87. The second-order valence-corrected chi connectivity index (χ2v) is 7.10. The molecule has 0 radical (unpaired) electrons. The number of ether oxygens (including phenoxy) is 2. The van der Waals surface area contributed by atoms with Gasteiger partial charge in [0.25, 0.3) is 5.56 Å². The molecule has 0 bridgehead atoms.